The third-order valence-corrected chi connectivity index (χ3v) is 0. The Morgan fingerprint density at radius 2 is 0.533 bits per heavy atom. The van der Waals surface area contributed by atoms with E-state index in [4.69, 9.17) is 13.2 Å². The summed E-state index contributed by atoms with van der Waals surface area (Å²) in [6, 6.07) is 0. The first-order valence-electron chi connectivity index (χ1n) is 1.82. The van der Waals surface area contributed by atoms with Crippen LogP contribution in [0.3, 0.4) is 0 Å². The second kappa shape index (κ2) is 148. The second-order valence-corrected chi connectivity index (χ2v) is 0.667. The average Bonchev–Trinajstić information content (AvgIpc) is 1.39. The molecule has 0 aromatic heterocycles. The van der Waals surface area contributed by atoms with E-state index in [0.29, 0.717) is 0 Å². The van der Waals surface area contributed by atoms with Gasteiger partial charge in [0.25, 0.3) is 0 Å². The van der Waals surface area contributed by atoms with Crippen LogP contribution in [-0.2, 0) is 78.6 Å². The van der Waals surface area contributed by atoms with Gasteiger partial charge in [0.05, 0.1) is 0 Å². The molecule has 0 saturated carbocycles. The molecule has 0 aliphatic carbocycles. The number of halogens is 6. The van der Waals surface area contributed by atoms with Crippen molar-refractivity contribution in [3.05, 3.63) is 25.3 Å². The third-order valence-electron chi connectivity index (χ3n) is 0. The van der Waals surface area contributed by atoms with Gasteiger partial charge in [0, 0.05) is 78.6 Å². The van der Waals surface area contributed by atoms with Crippen LogP contribution in [0.1, 0.15) is 13.8 Å². The van der Waals surface area contributed by atoms with Gasteiger partial charge in [-0.15, -0.1) is 74.4 Å². The van der Waals surface area contributed by atoms with Gasteiger partial charge in [-0.3, -0.25) is 12.2 Å². The standard InChI is InChI=1S/2C3H5.6ClH.3Zr/c2*1-3-2;;;;;;;;;/h2*1,3H,2H3;6*1H;;;/q2*-1;;;;;;;;;. The summed E-state index contributed by atoms with van der Waals surface area (Å²) in [5, 5.41) is 0. The third kappa shape index (κ3) is 301. The van der Waals surface area contributed by atoms with Crippen molar-refractivity contribution in [3.8, 4) is 0 Å². The quantitative estimate of drug-likeness (QED) is 0.374. The molecule has 0 saturated heterocycles. The largest absolute Gasteiger partial charge is 0.518 e. The van der Waals surface area contributed by atoms with Gasteiger partial charge in [0.2, 0.25) is 0 Å². The van der Waals surface area contributed by atoms with Crippen LogP contribution in [0.5, 0.6) is 0 Å². The van der Waals surface area contributed by atoms with Gasteiger partial charge in [-0.2, -0.15) is 0 Å². The van der Waals surface area contributed by atoms with Gasteiger partial charge in [0.1, 0.15) is 0 Å². The maximum atomic E-state index is 4.72. The maximum Gasteiger partial charge on any atom is 0 e. The van der Waals surface area contributed by atoms with Gasteiger partial charge in [-0.1, -0.05) is 13.8 Å². The van der Waals surface area contributed by atoms with Crippen LogP contribution in [-0.4, -0.2) is 0 Å². The van der Waals surface area contributed by atoms with E-state index in [1.807, 2.05) is 0 Å². The van der Waals surface area contributed by atoms with Crippen molar-refractivity contribution < 1.29 is 78.6 Å². The Hall–Kier alpha value is 3.87. The molecule has 0 aliphatic heterocycles. The van der Waals surface area contributed by atoms with Gasteiger partial charge in [0.15, 0.2) is 0 Å². The van der Waals surface area contributed by atoms with Crippen molar-refractivity contribution in [3.63, 3.8) is 0 Å². The topological polar surface area (TPSA) is 0 Å². The molecule has 0 N–H and O–H groups in total. The van der Waals surface area contributed by atoms with Gasteiger partial charge >= 0.3 is 0 Å². The van der Waals surface area contributed by atoms with Crippen LogP contribution >= 0.6 is 74.4 Å². The fraction of sp³-hybridized carbons (Fsp3) is 0.333. The summed E-state index contributed by atoms with van der Waals surface area (Å²) in [5.74, 6) is 0. The van der Waals surface area contributed by atoms with E-state index in [1.54, 1.807) is 13.8 Å². The molecule has 0 bridgehead atoms. The van der Waals surface area contributed by atoms with E-state index >= 15 is 0 Å². The van der Waals surface area contributed by atoms with Crippen molar-refractivity contribution in [1.82, 2.24) is 0 Å². The van der Waals surface area contributed by atoms with Gasteiger partial charge in [-0.25, -0.2) is 0 Å². The monoisotopic (exact) mass is 568 g/mol. The normalized spacial score (nSPS) is 1.73. The van der Waals surface area contributed by atoms with E-state index in [-0.39, 0.29) is 153 Å². The molecular formula is C6H16Cl6Zr3-2. The van der Waals surface area contributed by atoms with Crippen molar-refractivity contribution in [2.24, 2.45) is 0 Å². The van der Waals surface area contributed by atoms with E-state index in [2.05, 4.69) is 0 Å². The Kier molecular flexibility index (Phi) is 957. The van der Waals surface area contributed by atoms with Crippen molar-refractivity contribution in [2.45, 2.75) is 13.8 Å². The fourth-order valence-corrected chi connectivity index (χ4v) is 0. The Balaban J connectivity index is -0.00000000148. The second-order valence-electron chi connectivity index (χ2n) is 0.667. The zero-order valence-corrected chi connectivity index (χ0v) is 20.5. The smallest absolute Gasteiger partial charge is 0 e. The molecule has 0 nitrogen and oxygen atoms in total. The zero-order valence-electron chi connectivity index (χ0n) is 8.26. The summed E-state index contributed by atoms with van der Waals surface area (Å²) in [5.41, 5.74) is 0. The molecule has 0 radical (unpaired) electrons. The first kappa shape index (κ1) is 97.3. The number of hydrogen-bond acceptors (Lipinski definition) is 0. The Morgan fingerprint density at radius 3 is 0.533 bits per heavy atom. The minimum Gasteiger partial charge on any atom is -0.518 e. The molecule has 0 aliphatic rings. The predicted molar refractivity (Wildman–Crippen MR) is 72.6 cm³/mol. The fourth-order valence-electron chi connectivity index (χ4n) is 0. The molecule has 0 atom stereocenters. The Labute approximate surface area is 189 Å². The van der Waals surface area contributed by atoms with E-state index < -0.39 is 0 Å². The molecule has 15 heavy (non-hydrogen) atoms. The SMILES string of the molecule is Cl.Cl.Cl.Cl.Cl.Cl.[CH-]=CC.[CH-]=CC.[Zr].[Zr].[Zr]. The van der Waals surface area contributed by atoms with E-state index in [0.717, 1.165) is 0 Å². The van der Waals surface area contributed by atoms with Crippen LogP contribution in [0.25, 0.3) is 0 Å². The van der Waals surface area contributed by atoms with Crippen LogP contribution in [0.4, 0.5) is 0 Å². The van der Waals surface area contributed by atoms with Crippen molar-refractivity contribution in [1.29, 1.82) is 0 Å². The Morgan fingerprint density at radius 1 is 0.533 bits per heavy atom. The molecule has 0 spiro atoms. The molecule has 0 fully saturated rings. The molecule has 0 amide bonds. The summed E-state index contributed by atoms with van der Waals surface area (Å²) < 4.78 is 0. The molecule has 0 heterocycles. The summed E-state index contributed by atoms with van der Waals surface area (Å²) in [4.78, 5) is 0. The van der Waals surface area contributed by atoms with Crippen LogP contribution in [0.2, 0.25) is 0 Å². The molecule has 0 unspecified atom stereocenters. The van der Waals surface area contributed by atoms with Crippen LogP contribution < -0.4 is 0 Å². The number of hydrogen-bond donors (Lipinski definition) is 0. The van der Waals surface area contributed by atoms with Gasteiger partial charge in [-0.05, 0) is 0 Å². The van der Waals surface area contributed by atoms with Crippen molar-refractivity contribution in [2.75, 3.05) is 0 Å². The number of allylic oxidation sites excluding steroid dienone is 2. The summed E-state index contributed by atoms with van der Waals surface area (Å²) in [7, 11) is 0. The van der Waals surface area contributed by atoms with Crippen molar-refractivity contribution >= 4 is 74.4 Å². The summed E-state index contributed by atoms with van der Waals surface area (Å²) in [6.45, 7) is 13.0. The minimum absolute atomic E-state index is 0. The molecular weight excluding hydrogens is 558 g/mol. The first-order valence-corrected chi connectivity index (χ1v) is 1.82. The summed E-state index contributed by atoms with van der Waals surface area (Å²) >= 11 is 0. The minimum atomic E-state index is 0. The Bertz CT molecular complexity index is 43.8. The average molecular weight is 575 g/mol. The van der Waals surface area contributed by atoms with Gasteiger partial charge < -0.3 is 13.2 Å². The molecule has 0 rings (SSSR count). The van der Waals surface area contributed by atoms with E-state index in [1.165, 1.54) is 12.2 Å². The number of rotatable bonds is 0. The maximum absolute atomic E-state index is 4.72. The summed E-state index contributed by atoms with van der Waals surface area (Å²) in [6.07, 6.45) is 3.00. The molecule has 0 aromatic carbocycles. The molecule has 0 aromatic rings. The molecule has 9 heteroatoms. The van der Waals surface area contributed by atoms with E-state index in [9.17, 15) is 0 Å². The predicted octanol–water partition coefficient (Wildman–Crippen LogP) is 4.51. The van der Waals surface area contributed by atoms with Crippen LogP contribution in [0.15, 0.2) is 12.2 Å². The molecule has 96 valence electrons. The van der Waals surface area contributed by atoms with Crippen LogP contribution in [0, 0.1) is 13.2 Å². The zero-order chi connectivity index (χ0) is 5.41. The first-order chi connectivity index (χ1) is 2.83.